The summed E-state index contributed by atoms with van der Waals surface area (Å²) in [5.74, 6) is 0.556. The second-order valence-corrected chi connectivity index (χ2v) is 8.37. The molecule has 1 unspecified atom stereocenters. The van der Waals surface area contributed by atoms with Crippen molar-refractivity contribution in [1.82, 2.24) is 4.90 Å². The summed E-state index contributed by atoms with van der Waals surface area (Å²) in [6.45, 7) is 11.4. The third-order valence-corrected chi connectivity index (χ3v) is 5.34. The summed E-state index contributed by atoms with van der Waals surface area (Å²) in [7, 11) is 0. The molecule has 0 aromatic heterocycles. The van der Waals surface area contributed by atoms with E-state index in [1.54, 1.807) is 0 Å². The lowest BCUT2D eigenvalue weighted by Gasteiger charge is -2.36. The number of hydrogen-bond acceptors (Lipinski definition) is 1. The minimum Gasteiger partial charge on any atom is -0.294 e. The molecule has 0 aliphatic carbocycles. The highest BCUT2D eigenvalue weighted by Gasteiger charge is 2.22. The molecule has 1 atom stereocenters. The van der Waals surface area contributed by atoms with E-state index in [9.17, 15) is 0 Å². The molecule has 3 rings (SSSR count). The highest BCUT2D eigenvalue weighted by Crippen LogP contribution is 2.26. The maximum Gasteiger partial charge on any atom is 0.0238 e. The third-order valence-electron chi connectivity index (χ3n) is 5.34. The van der Waals surface area contributed by atoms with E-state index in [0.29, 0.717) is 5.92 Å². The van der Waals surface area contributed by atoms with Crippen LogP contribution in [0, 0.1) is 0 Å². The molecule has 0 aliphatic heterocycles. The third kappa shape index (κ3) is 4.74. The van der Waals surface area contributed by atoms with Crippen molar-refractivity contribution in [2.45, 2.75) is 52.1 Å². The van der Waals surface area contributed by atoms with Gasteiger partial charge in [0.15, 0.2) is 0 Å². The average Bonchev–Trinajstić information content (AvgIpc) is 2.64. The zero-order chi connectivity index (χ0) is 18.6. The van der Waals surface area contributed by atoms with E-state index in [-0.39, 0.29) is 5.54 Å². The Bertz CT molecular complexity index is 829. The van der Waals surface area contributed by atoms with Crippen LogP contribution in [0.4, 0.5) is 0 Å². The van der Waals surface area contributed by atoms with Crippen LogP contribution in [-0.2, 0) is 6.54 Å². The normalized spacial score (nSPS) is 13.3. The SMILES string of the molecule is CC(CCN(Cc1ccccc1)C(C)(C)C)c1ccc2ccccc2c1. The fourth-order valence-electron chi connectivity index (χ4n) is 3.49. The van der Waals surface area contributed by atoms with Crippen LogP contribution in [0.2, 0.25) is 0 Å². The Morgan fingerprint density at radius 1 is 0.808 bits per heavy atom. The summed E-state index contributed by atoms with van der Waals surface area (Å²) in [6.07, 6.45) is 1.17. The van der Waals surface area contributed by atoms with Crippen molar-refractivity contribution in [3.05, 3.63) is 83.9 Å². The fraction of sp³-hybridized carbons (Fsp3) is 0.360. The van der Waals surface area contributed by atoms with Crippen molar-refractivity contribution in [2.24, 2.45) is 0 Å². The molecule has 0 fully saturated rings. The number of fused-ring (bicyclic) bond motifs is 1. The Kier molecular flexibility index (Phi) is 5.78. The van der Waals surface area contributed by atoms with Gasteiger partial charge in [0.25, 0.3) is 0 Å². The lowest BCUT2D eigenvalue weighted by atomic mass is 9.94. The highest BCUT2D eigenvalue weighted by atomic mass is 15.2. The second kappa shape index (κ2) is 8.05. The van der Waals surface area contributed by atoms with E-state index in [4.69, 9.17) is 0 Å². The van der Waals surface area contributed by atoms with Crippen molar-refractivity contribution >= 4 is 10.8 Å². The smallest absolute Gasteiger partial charge is 0.0238 e. The summed E-state index contributed by atoms with van der Waals surface area (Å²) < 4.78 is 0. The minimum absolute atomic E-state index is 0.166. The number of hydrogen-bond donors (Lipinski definition) is 0. The van der Waals surface area contributed by atoms with Crippen LogP contribution in [0.3, 0.4) is 0 Å². The first-order valence-corrected chi connectivity index (χ1v) is 9.71. The lowest BCUT2D eigenvalue weighted by molar-refractivity contribution is 0.123. The molecule has 0 amide bonds. The molecule has 0 saturated heterocycles. The molecule has 136 valence electrons. The average molecular weight is 346 g/mol. The molecule has 3 aromatic carbocycles. The van der Waals surface area contributed by atoms with Crippen molar-refractivity contribution < 1.29 is 0 Å². The van der Waals surface area contributed by atoms with E-state index < -0.39 is 0 Å². The van der Waals surface area contributed by atoms with Crippen LogP contribution in [0.5, 0.6) is 0 Å². The summed E-state index contributed by atoms with van der Waals surface area (Å²) in [5.41, 5.74) is 3.00. The zero-order valence-corrected chi connectivity index (χ0v) is 16.6. The van der Waals surface area contributed by atoms with Crippen LogP contribution in [-0.4, -0.2) is 17.0 Å². The van der Waals surface area contributed by atoms with Crippen LogP contribution >= 0.6 is 0 Å². The molecule has 26 heavy (non-hydrogen) atoms. The molecule has 0 saturated carbocycles. The Balaban J connectivity index is 1.69. The molecular weight excluding hydrogens is 314 g/mol. The van der Waals surface area contributed by atoms with E-state index in [0.717, 1.165) is 13.1 Å². The van der Waals surface area contributed by atoms with Crippen LogP contribution in [0.15, 0.2) is 72.8 Å². The standard InChI is InChI=1S/C25H31N/c1-20(23-15-14-22-12-8-9-13-24(22)18-23)16-17-26(25(2,3)4)19-21-10-6-5-7-11-21/h5-15,18,20H,16-17,19H2,1-4H3. The van der Waals surface area contributed by atoms with Gasteiger partial charge < -0.3 is 0 Å². The van der Waals surface area contributed by atoms with Crippen LogP contribution in [0.1, 0.15) is 51.2 Å². The van der Waals surface area contributed by atoms with Gasteiger partial charge in [-0.15, -0.1) is 0 Å². The molecule has 1 nitrogen and oxygen atoms in total. The van der Waals surface area contributed by atoms with Crippen molar-refractivity contribution in [1.29, 1.82) is 0 Å². The van der Waals surface area contributed by atoms with E-state index in [1.165, 1.54) is 28.3 Å². The topological polar surface area (TPSA) is 3.24 Å². The molecule has 0 radical (unpaired) electrons. The minimum atomic E-state index is 0.166. The Labute approximate surface area is 158 Å². The zero-order valence-electron chi connectivity index (χ0n) is 16.6. The summed E-state index contributed by atoms with van der Waals surface area (Å²) in [4.78, 5) is 2.60. The van der Waals surface area contributed by atoms with Crippen molar-refractivity contribution in [3.63, 3.8) is 0 Å². The number of rotatable bonds is 6. The van der Waals surface area contributed by atoms with Gasteiger partial charge >= 0.3 is 0 Å². The predicted octanol–water partition coefficient (Wildman–Crippen LogP) is 6.63. The fourth-order valence-corrected chi connectivity index (χ4v) is 3.49. The quantitative estimate of drug-likeness (QED) is 0.484. The van der Waals surface area contributed by atoms with Crippen LogP contribution < -0.4 is 0 Å². The van der Waals surface area contributed by atoms with Gasteiger partial charge in [-0.25, -0.2) is 0 Å². The van der Waals surface area contributed by atoms with Gasteiger partial charge in [0.2, 0.25) is 0 Å². The van der Waals surface area contributed by atoms with Gasteiger partial charge in [0.1, 0.15) is 0 Å². The molecule has 0 aliphatic rings. The number of benzene rings is 3. The maximum atomic E-state index is 2.60. The monoisotopic (exact) mass is 345 g/mol. The lowest BCUT2D eigenvalue weighted by Crippen LogP contribution is -2.41. The van der Waals surface area contributed by atoms with E-state index in [1.807, 2.05) is 0 Å². The Morgan fingerprint density at radius 2 is 1.46 bits per heavy atom. The van der Waals surface area contributed by atoms with Gasteiger partial charge in [0.05, 0.1) is 0 Å². The van der Waals surface area contributed by atoms with E-state index >= 15 is 0 Å². The highest BCUT2D eigenvalue weighted by molar-refractivity contribution is 5.83. The van der Waals surface area contributed by atoms with E-state index in [2.05, 4.69) is 105 Å². The first-order valence-electron chi connectivity index (χ1n) is 9.71. The summed E-state index contributed by atoms with van der Waals surface area (Å²) in [5, 5.41) is 2.66. The molecule has 3 aromatic rings. The summed E-state index contributed by atoms with van der Waals surface area (Å²) in [6, 6.07) is 26.4. The molecule has 0 spiro atoms. The number of nitrogens with zero attached hydrogens (tertiary/aromatic N) is 1. The molecular formula is C25H31N. The van der Waals surface area contributed by atoms with Gasteiger partial charge in [0, 0.05) is 12.1 Å². The molecule has 0 bridgehead atoms. The van der Waals surface area contributed by atoms with Crippen LogP contribution in [0.25, 0.3) is 10.8 Å². The first-order chi connectivity index (χ1) is 12.4. The predicted molar refractivity (Wildman–Crippen MR) is 114 cm³/mol. The summed E-state index contributed by atoms with van der Waals surface area (Å²) >= 11 is 0. The Hall–Kier alpha value is -2.12. The van der Waals surface area contributed by atoms with Gasteiger partial charge in [-0.3, -0.25) is 4.90 Å². The van der Waals surface area contributed by atoms with Crippen molar-refractivity contribution in [2.75, 3.05) is 6.54 Å². The van der Waals surface area contributed by atoms with Gasteiger partial charge in [-0.2, -0.15) is 0 Å². The van der Waals surface area contributed by atoms with Gasteiger partial charge in [-0.1, -0.05) is 79.7 Å². The van der Waals surface area contributed by atoms with Gasteiger partial charge in [-0.05, 0) is 61.6 Å². The largest absolute Gasteiger partial charge is 0.294 e. The first kappa shape index (κ1) is 18.7. The molecule has 1 heteroatoms. The second-order valence-electron chi connectivity index (χ2n) is 8.37. The maximum absolute atomic E-state index is 2.60. The van der Waals surface area contributed by atoms with Crippen molar-refractivity contribution in [3.8, 4) is 0 Å². The molecule has 0 heterocycles. The molecule has 0 N–H and O–H groups in total. The Morgan fingerprint density at radius 3 is 2.15 bits per heavy atom.